The first-order valence-electron chi connectivity index (χ1n) is 5.84. The monoisotopic (exact) mass is 228 g/mol. The molecular formula is C12H20O4. The first kappa shape index (κ1) is 13.2. The number of esters is 1. The molecule has 0 saturated carbocycles. The lowest BCUT2D eigenvalue weighted by atomic mass is 10.0. The molecule has 1 rings (SSSR count). The zero-order chi connectivity index (χ0) is 12.0. The highest BCUT2D eigenvalue weighted by Crippen LogP contribution is 2.13. The van der Waals surface area contributed by atoms with Crippen molar-refractivity contribution >= 4 is 5.97 Å². The lowest BCUT2D eigenvalue weighted by molar-refractivity contribution is -0.142. The lowest BCUT2D eigenvalue weighted by Gasteiger charge is -2.16. The highest BCUT2D eigenvalue weighted by molar-refractivity contribution is 5.82. The van der Waals surface area contributed by atoms with Crippen LogP contribution in [0, 0.1) is 0 Å². The number of ether oxygens (including phenoxy) is 1. The maximum Gasteiger partial charge on any atom is 0.330 e. The van der Waals surface area contributed by atoms with Crippen molar-refractivity contribution in [2.75, 3.05) is 0 Å². The smallest absolute Gasteiger partial charge is 0.330 e. The molecule has 1 heterocycles. The van der Waals surface area contributed by atoms with Crippen molar-refractivity contribution in [3.05, 3.63) is 12.2 Å². The maximum atomic E-state index is 11.3. The van der Waals surface area contributed by atoms with Gasteiger partial charge in [-0.1, -0.05) is 12.8 Å². The first-order chi connectivity index (χ1) is 7.59. The van der Waals surface area contributed by atoms with Crippen LogP contribution in [0.5, 0.6) is 0 Å². The predicted molar refractivity (Wildman–Crippen MR) is 59.8 cm³/mol. The van der Waals surface area contributed by atoms with Gasteiger partial charge in [0.2, 0.25) is 0 Å². The third-order valence-electron chi connectivity index (χ3n) is 2.75. The average molecular weight is 228 g/mol. The number of carbonyl (C=O) groups excluding carboxylic acids is 1. The Morgan fingerprint density at radius 1 is 1.25 bits per heavy atom. The summed E-state index contributed by atoms with van der Waals surface area (Å²) < 4.78 is 5.09. The van der Waals surface area contributed by atoms with Crippen LogP contribution in [0.4, 0.5) is 0 Å². The molecular weight excluding hydrogens is 208 g/mol. The second-order valence-electron chi connectivity index (χ2n) is 4.30. The van der Waals surface area contributed by atoms with E-state index in [1.165, 1.54) is 12.2 Å². The van der Waals surface area contributed by atoms with Gasteiger partial charge in [-0.2, -0.15) is 0 Å². The van der Waals surface area contributed by atoms with E-state index in [-0.39, 0.29) is 6.10 Å². The number of aliphatic hydroxyl groups is 2. The summed E-state index contributed by atoms with van der Waals surface area (Å²) in [5.74, 6) is -0.459. The molecule has 1 unspecified atom stereocenters. The van der Waals surface area contributed by atoms with Crippen molar-refractivity contribution in [3.63, 3.8) is 0 Å². The van der Waals surface area contributed by atoms with E-state index in [0.29, 0.717) is 6.42 Å². The largest absolute Gasteiger partial charge is 0.460 e. The fourth-order valence-electron chi connectivity index (χ4n) is 1.73. The summed E-state index contributed by atoms with van der Waals surface area (Å²) in [5, 5.41) is 19.0. The van der Waals surface area contributed by atoms with Gasteiger partial charge in [0.15, 0.2) is 0 Å². The molecule has 0 saturated heterocycles. The zero-order valence-electron chi connectivity index (χ0n) is 9.63. The number of aliphatic hydroxyl groups excluding tert-OH is 2. The van der Waals surface area contributed by atoms with Crippen LogP contribution < -0.4 is 0 Å². The average Bonchev–Trinajstić information content (AvgIpc) is 2.23. The summed E-state index contributed by atoms with van der Waals surface area (Å²) in [7, 11) is 0. The second kappa shape index (κ2) is 6.66. The number of hydrogen-bond donors (Lipinski definition) is 2. The normalized spacial score (nSPS) is 35.7. The third kappa shape index (κ3) is 4.77. The van der Waals surface area contributed by atoms with Gasteiger partial charge < -0.3 is 14.9 Å². The Hall–Kier alpha value is -0.870. The minimum atomic E-state index is -0.984. The van der Waals surface area contributed by atoms with Gasteiger partial charge in [-0.25, -0.2) is 4.79 Å². The van der Waals surface area contributed by atoms with Crippen molar-refractivity contribution in [1.29, 1.82) is 0 Å². The van der Waals surface area contributed by atoms with Crippen LogP contribution in [-0.2, 0) is 9.53 Å². The van der Waals surface area contributed by atoms with E-state index in [1.54, 1.807) is 0 Å². The Morgan fingerprint density at radius 3 is 2.69 bits per heavy atom. The predicted octanol–water partition coefficient (Wildman–Crippen LogP) is 1.16. The van der Waals surface area contributed by atoms with Crippen molar-refractivity contribution in [3.8, 4) is 0 Å². The fourth-order valence-corrected chi connectivity index (χ4v) is 1.73. The molecule has 0 amide bonds. The van der Waals surface area contributed by atoms with Gasteiger partial charge in [-0.05, 0) is 32.3 Å². The van der Waals surface area contributed by atoms with Gasteiger partial charge >= 0.3 is 5.97 Å². The summed E-state index contributed by atoms with van der Waals surface area (Å²) in [6, 6.07) is 0. The molecule has 2 N–H and O–H groups in total. The number of carbonyl (C=O) groups is 1. The van der Waals surface area contributed by atoms with E-state index >= 15 is 0 Å². The van der Waals surface area contributed by atoms with E-state index in [2.05, 4.69) is 0 Å². The second-order valence-corrected chi connectivity index (χ2v) is 4.30. The molecule has 0 bridgehead atoms. The van der Waals surface area contributed by atoms with E-state index < -0.39 is 18.2 Å². The van der Waals surface area contributed by atoms with E-state index in [4.69, 9.17) is 4.74 Å². The minimum Gasteiger partial charge on any atom is -0.460 e. The van der Waals surface area contributed by atoms with Crippen molar-refractivity contribution in [2.45, 2.75) is 57.3 Å². The fraction of sp³-hybridized carbons (Fsp3) is 0.750. The van der Waals surface area contributed by atoms with Crippen molar-refractivity contribution < 1.29 is 19.7 Å². The van der Waals surface area contributed by atoms with Gasteiger partial charge in [0.25, 0.3) is 0 Å². The third-order valence-corrected chi connectivity index (χ3v) is 2.75. The maximum absolute atomic E-state index is 11.3. The number of cyclic esters (lactones) is 1. The topological polar surface area (TPSA) is 66.8 Å². The Morgan fingerprint density at radius 2 is 1.94 bits per heavy atom. The molecule has 92 valence electrons. The van der Waals surface area contributed by atoms with Gasteiger partial charge in [0, 0.05) is 6.08 Å². The van der Waals surface area contributed by atoms with Gasteiger partial charge in [0.1, 0.15) is 0 Å². The van der Waals surface area contributed by atoms with Gasteiger partial charge in [0.05, 0.1) is 18.3 Å². The molecule has 0 fully saturated rings. The van der Waals surface area contributed by atoms with Crippen LogP contribution in [0.25, 0.3) is 0 Å². The quantitative estimate of drug-likeness (QED) is 0.611. The molecule has 0 spiro atoms. The molecule has 3 atom stereocenters. The van der Waals surface area contributed by atoms with Crippen molar-refractivity contribution in [2.24, 2.45) is 0 Å². The lowest BCUT2D eigenvalue weighted by Crippen LogP contribution is -2.24. The molecule has 16 heavy (non-hydrogen) atoms. The van der Waals surface area contributed by atoms with E-state index in [9.17, 15) is 15.0 Å². The van der Waals surface area contributed by atoms with Gasteiger partial charge in [-0.3, -0.25) is 0 Å². The number of rotatable bonds is 0. The molecule has 0 aromatic rings. The minimum absolute atomic E-state index is 0.0846. The van der Waals surface area contributed by atoms with E-state index in [1.807, 2.05) is 6.92 Å². The molecule has 1 aliphatic heterocycles. The summed E-state index contributed by atoms with van der Waals surface area (Å²) in [6.07, 6.45) is 4.87. The molecule has 0 aliphatic carbocycles. The summed E-state index contributed by atoms with van der Waals surface area (Å²) in [6.45, 7) is 1.86. The summed E-state index contributed by atoms with van der Waals surface area (Å²) in [4.78, 5) is 11.3. The Bertz CT molecular complexity index is 249. The molecule has 4 heteroatoms. The highest BCUT2D eigenvalue weighted by Gasteiger charge is 2.15. The van der Waals surface area contributed by atoms with Crippen molar-refractivity contribution in [1.82, 2.24) is 0 Å². The summed E-state index contributed by atoms with van der Waals surface area (Å²) >= 11 is 0. The van der Waals surface area contributed by atoms with Crippen LogP contribution in [0.3, 0.4) is 0 Å². The molecule has 0 aromatic heterocycles. The highest BCUT2D eigenvalue weighted by atomic mass is 16.5. The van der Waals surface area contributed by atoms with Crippen LogP contribution >= 0.6 is 0 Å². The van der Waals surface area contributed by atoms with Crippen LogP contribution in [-0.4, -0.2) is 34.5 Å². The van der Waals surface area contributed by atoms with Crippen LogP contribution in [0.15, 0.2) is 12.2 Å². The molecule has 1 aliphatic rings. The zero-order valence-corrected chi connectivity index (χ0v) is 9.63. The molecule has 0 radical (unpaired) electrons. The van der Waals surface area contributed by atoms with Crippen LogP contribution in [0.1, 0.15) is 39.0 Å². The Kier molecular flexibility index (Phi) is 5.49. The summed E-state index contributed by atoms with van der Waals surface area (Å²) in [5.41, 5.74) is 0. The van der Waals surface area contributed by atoms with Crippen LogP contribution in [0.2, 0.25) is 0 Å². The first-order valence-corrected chi connectivity index (χ1v) is 5.84. The Labute approximate surface area is 95.9 Å². The van der Waals surface area contributed by atoms with E-state index in [0.717, 1.165) is 25.7 Å². The Balaban J connectivity index is 2.58. The number of hydrogen-bond acceptors (Lipinski definition) is 4. The molecule has 4 nitrogen and oxygen atoms in total. The SMILES string of the molecule is C[C@H]1CCCCCC(O)[C@@H](O)/C=C/C(=O)O1. The van der Waals surface area contributed by atoms with Gasteiger partial charge in [-0.15, -0.1) is 0 Å². The molecule has 0 aromatic carbocycles. The standard InChI is InChI=1S/C12H20O4/c1-9-5-3-2-4-6-10(13)11(14)7-8-12(15)16-9/h7-11,13-14H,2-6H2,1H3/b8-7+/t9-,10?,11-/m0/s1.